The lowest BCUT2D eigenvalue weighted by Crippen LogP contribution is -2.34. The van der Waals surface area contributed by atoms with E-state index in [0.717, 1.165) is 0 Å². The Bertz CT molecular complexity index is 606. The monoisotopic (exact) mass is 378 g/mol. The predicted octanol–water partition coefficient (Wildman–Crippen LogP) is -0.0668. The van der Waals surface area contributed by atoms with Crippen LogP contribution in [0, 0.1) is 11.3 Å². The first-order valence-corrected chi connectivity index (χ1v) is 7.13. The van der Waals surface area contributed by atoms with Gasteiger partial charge < -0.3 is 10.2 Å². The highest BCUT2D eigenvalue weighted by atomic mass is 127. The second kappa shape index (κ2) is 5.59. The van der Waals surface area contributed by atoms with E-state index in [0.29, 0.717) is 18.5 Å². The zero-order chi connectivity index (χ0) is 14.0. The molecule has 1 heterocycles. The summed E-state index contributed by atoms with van der Waals surface area (Å²) in [7, 11) is 0. The van der Waals surface area contributed by atoms with E-state index in [1.807, 2.05) is 22.6 Å². The van der Waals surface area contributed by atoms with Crippen LogP contribution in [0.5, 0.6) is 0 Å². The van der Waals surface area contributed by atoms with Gasteiger partial charge in [-0.2, -0.15) is 0 Å². The fourth-order valence-corrected chi connectivity index (χ4v) is 2.68. The molecule has 0 radical (unpaired) electrons. The van der Waals surface area contributed by atoms with Crippen molar-refractivity contribution < 1.29 is 10.2 Å². The molecule has 1 aliphatic carbocycles. The van der Waals surface area contributed by atoms with Crippen molar-refractivity contribution in [2.45, 2.75) is 13.0 Å². The predicted molar refractivity (Wildman–Crippen MR) is 79.1 cm³/mol. The Morgan fingerprint density at radius 1 is 1.53 bits per heavy atom. The number of hydrogen-bond acceptors (Lipinski definition) is 4. The highest BCUT2D eigenvalue weighted by molar-refractivity contribution is 14.1. The van der Waals surface area contributed by atoms with Gasteiger partial charge in [0.25, 0.3) is 5.56 Å². The van der Waals surface area contributed by atoms with Gasteiger partial charge in [0.05, 0.1) is 12.2 Å². The maximum absolute atomic E-state index is 11.8. The van der Waals surface area contributed by atoms with Crippen molar-refractivity contribution in [3.05, 3.63) is 36.7 Å². The van der Waals surface area contributed by atoms with E-state index in [4.69, 9.17) is 5.11 Å². The lowest BCUT2D eigenvalue weighted by Gasteiger charge is -2.15. The van der Waals surface area contributed by atoms with Crippen molar-refractivity contribution in [3.63, 3.8) is 0 Å². The summed E-state index contributed by atoms with van der Waals surface area (Å²) in [5.74, 6) is 0.0138. The summed E-state index contributed by atoms with van der Waals surface area (Å²) in [6, 6.07) is 0. The standard InChI is InChI=1S/C12H15IN2O4/c13-2-1-8-4-15(11(19)14-10(8)18)6-12(7-17)3-9(12)5-16/h1-2,4,9,16-17H,3,5-7H2,(H,14,18,19)/b2-1+/t9-,12-/m0/s1. The fraction of sp³-hybridized carbons (Fsp3) is 0.500. The number of aliphatic hydroxyl groups excluding tert-OH is 2. The average molecular weight is 378 g/mol. The Morgan fingerprint density at radius 2 is 2.26 bits per heavy atom. The molecule has 2 rings (SSSR count). The Balaban J connectivity index is 2.33. The molecule has 1 aromatic heterocycles. The van der Waals surface area contributed by atoms with Crippen LogP contribution in [0.3, 0.4) is 0 Å². The molecule has 0 spiro atoms. The van der Waals surface area contributed by atoms with E-state index in [-0.39, 0.29) is 19.1 Å². The van der Waals surface area contributed by atoms with Crippen LogP contribution in [0.2, 0.25) is 0 Å². The van der Waals surface area contributed by atoms with Gasteiger partial charge in [-0.3, -0.25) is 14.3 Å². The number of hydrogen-bond donors (Lipinski definition) is 3. The lowest BCUT2D eigenvalue weighted by molar-refractivity contribution is 0.156. The third-order valence-electron chi connectivity index (χ3n) is 3.66. The summed E-state index contributed by atoms with van der Waals surface area (Å²) in [6.07, 6.45) is 3.78. The highest BCUT2D eigenvalue weighted by Gasteiger charge is 2.53. The third kappa shape index (κ3) is 2.82. The van der Waals surface area contributed by atoms with Crippen molar-refractivity contribution >= 4 is 28.7 Å². The Labute approximate surface area is 122 Å². The van der Waals surface area contributed by atoms with Gasteiger partial charge in [0, 0.05) is 24.8 Å². The summed E-state index contributed by atoms with van der Waals surface area (Å²) in [5, 5.41) is 18.6. The van der Waals surface area contributed by atoms with Crippen molar-refractivity contribution in [2.24, 2.45) is 11.3 Å². The van der Waals surface area contributed by atoms with Crippen LogP contribution in [0.4, 0.5) is 0 Å². The molecule has 0 unspecified atom stereocenters. The Morgan fingerprint density at radius 3 is 2.79 bits per heavy atom. The minimum atomic E-state index is -0.493. The van der Waals surface area contributed by atoms with Gasteiger partial charge in [-0.25, -0.2) is 4.79 Å². The molecule has 1 saturated carbocycles. The van der Waals surface area contributed by atoms with Gasteiger partial charge in [0.1, 0.15) is 0 Å². The molecular formula is C12H15IN2O4. The molecule has 0 aliphatic heterocycles. The van der Waals surface area contributed by atoms with Gasteiger partial charge >= 0.3 is 5.69 Å². The van der Waals surface area contributed by atoms with Gasteiger partial charge in [-0.1, -0.05) is 22.6 Å². The number of rotatable bonds is 5. The van der Waals surface area contributed by atoms with Crippen molar-refractivity contribution in [3.8, 4) is 0 Å². The normalized spacial score (nSPS) is 25.9. The summed E-state index contributed by atoms with van der Waals surface area (Å²) in [4.78, 5) is 25.5. The largest absolute Gasteiger partial charge is 0.396 e. The number of nitrogens with zero attached hydrogens (tertiary/aromatic N) is 1. The second-order valence-corrected chi connectivity index (χ2v) is 5.59. The van der Waals surface area contributed by atoms with Gasteiger partial charge in [-0.15, -0.1) is 0 Å². The average Bonchev–Trinajstić information content (AvgIpc) is 3.09. The molecule has 0 aromatic carbocycles. The smallest absolute Gasteiger partial charge is 0.328 e. The van der Waals surface area contributed by atoms with Gasteiger partial charge in [0.15, 0.2) is 0 Å². The molecule has 1 aliphatic rings. The minimum absolute atomic E-state index is 0.000819. The van der Waals surface area contributed by atoms with Crippen LogP contribution < -0.4 is 11.2 Å². The fourth-order valence-electron chi connectivity index (χ4n) is 2.30. The van der Waals surface area contributed by atoms with Crippen molar-refractivity contribution in [1.29, 1.82) is 0 Å². The molecule has 104 valence electrons. The van der Waals surface area contributed by atoms with Crippen molar-refractivity contribution in [1.82, 2.24) is 9.55 Å². The molecule has 1 aromatic rings. The summed E-state index contributed by atoms with van der Waals surface area (Å²) in [6.45, 7) is 0.215. The molecule has 0 amide bonds. The maximum atomic E-state index is 11.8. The minimum Gasteiger partial charge on any atom is -0.396 e. The number of nitrogens with one attached hydrogen (secondary N) is 1. The second-order valence-electron chi connectivity index (χ2n) is 4.87. The molecule has 2 atom stereocenters. The summed E-state index contributed by atoms with van der Waals surface area (Å²) in [5.41, 5.74) is -0.973. The maximum Gasteiger partial charge on any atom is 0.328 e. The van der Waals surface area contributed by atoms with Gasteiger partial charge in [-0.05, 0) is 22.5 Å². The Hall–Kier alpha value is -0.930. The molecule has 6 nitrogen and oxygen atoms in total. The van der Waals surface area contributed by atoms with E-state index in [9.17, 15) is 14.7 Å². The number of aromatic amines is 1. The first-order chi connectivity index (χ1) is 9.06. The van der Waals surface area contributed by atoms with E-state index in [1.165, 1.54) is 10.8 Å². The van der Waals surface area contributed by atoms with Crippen LogP contribution in [0.25, 0.3) is 6.08 Å². The molecule has 3 N–H and O–H groups in total. The molecule has 0 bridgehead atoms. The molecule has 1 fully saturated rings. The van der Waals surface area contributed by atoms with Crippen LogP contribution in [0.1, 0.15) is 12.0 Å². The van der Waals surface area contributed by atoms with Crippen LogP contribution in [-0.4, -0.2) is 33.0 Å². The molecule has 0 saturated heterocycles. The lowest BCUT2D eigenvalue weighted by atomic mass is 10.1. The number of aliphatic hydroxyl groups is 2. The zero-order valence-corrected chi connectivity index (χ0v) is 12.3. The SMILES string of the molecule is O=c1[nH]c(=O)n(C[C@]2(CO)C[C@H]2CO)cc1/C=C/I. The first kappa shape index (κ1) is 14.5. The Kier molecular flexibility index (Phi) is 4.26. The van der Waals surface area contributed by atoms with E-state index in [1.54, 1.807) is 10.2 Å². The summed E-state index contributed by atoms with van der Waals surface area (Å²) < 4.78 is 3.08. The third-order valence-corrected chi connectivity index (χ3v) is 4.02. The number of halogens is 1. The molecule has 19 heavy (non-hydrogen) atoms. The topological polar surface area (TPSA) is 95.3 Å². The number of H-pyrrole nitrogens is 1. The van der Waals surface area contributed by atoms with Crippen molar-refractivity contribution in [2.75, 3.05) is 13.2 Å². The van der Waals surface area contributed by atoms with E-state index in [2.05, 4.69) is 4.98 Å². The first-order valence-electron chi connectivity index (χ1n) is 5.88. The van der Waals surface area contributed by atoms with Gasteiger partial charge in [0.2, 0.25) is 0 Å². The van der Waals surface area contributed by atoms with E-state index < -0.39 is 16.7 Å². The van der Waals surface area contributed by atoms with E-state index >= 15 is 0 Å². The van der Waals surface area contributed by atoms with Crippen LogP contribution >= 0.6 is 22.6 Å². The summed E-state index contributed by atoms with van der Waals surface area (Å²) >= 11 is 1.99. The van der Waals surface area contributed by atoms with Crippen LogP contribution in [0.15, 0.2) is 19.9 Å². The highest BCUT2D eigenvalue weighted by Crippen LogP contribution is 2.52. The number of aromatic nitrogens is 2. The molecule has 7 heteroatoms. The molecular weight excluding hydrogens is 363 g/mol. The zero-order valence-electron chi connectivity index (χ0n) is 10.2. The quantitative estimate of drug-likeness (QED) is 0.626. The van der Waals surface area contributed by atoms with Crippen LogP contribution in [-0.2, 0) is 6.54 Å².